The van der Waals surface area contributed by atoms with Crippen molar-refractivity contribution in [2.45, 2.75) is 0 Å². The fourth-order valence-corrected chi connectivity index (χ4v) is 0. The van der Waals surface area contributed by atoms with Crippen LogP contribution >= 0.6 is 8.69 Å². The summed E-state index contributed by atoms with van der Waals surface area (Å²) in [6.07, 6.45) is 0.715. The Morgan fingerprint density at radius 3 is 1.50 bits per heavy atom. The molecule has 1 unspecified atom stereocenters. The fraction of sp³-hybridized carbons (Fsp3) is 1.00. The van der Waals surface area contributed by atoms with Crippen molar-refractivity contribution in [3.8, 4) is 0 Å². The highest BCUT2D eigenvalue weighted by Gasteiger charge is 1.81. The van der Waals surface area contributed by atoms with Gasteiger partial charge in [0.25, 0.3) is 10.1 Å². The highest BCUT2D eigenvalue weighted by molar-refractivity contribution is 7.85. The molecule has 0 aromatic heterocycles. The van der Waals surface area contributed by atoms with E-state index in [9.17, 15) is 8.42 Å². The van der Waals surface area contributed by atoms with E-state index in [4.69, 9.17) is 14.0 Å². The Morgan fingerprint density at radius 1 is 1.50 bits per heavy atom. The Kier molecular flexibility index (Phi) is 6.94. The molecular formula is CH6O5PS+. The molecular weight excluding hydrogens is 155 g/mol. The number of hydrogen-bond acceptors (Lipinski definition) is 3. The van der Waals surface area contributed by atoms with Gasteiger partial charge in [0.1, 0.15) is 0 Å². The summed E-state index contributed by atoms with van der Waals surface area (Å²) in [5.74, 6) is 0. The lowest BCUT2D eigenvalue weighted by Gasteiger charge is -1.69. The van der Waals surface area contributed by atoms with Gasteiger partial charge in [0.2, 0.25) is 0 Å². The van der Waals surface area contributed by atoms with Crippen LogP contribution in [0.4, 0.5) is 0 Å². The molecule has 0 aliphatic heterocycles. The normalized spacial score (nSPS) is 9.88. The lowest BCUT2D eigenvalue weighted by molar-refractivity contribution is 0.490. The van der Waals surface area contributed by atoms with Crippen LogP contribution in [0.3, 0.4) is 0 Å². The molecule has 0 aliphatic carbocycles. The second kappa shape index (κ2) is 5.11. The van der Waals surface area contributed by atoms with Crippen LogP contribution in [0.25, 0.3) is 0 Å². The van der Waals surface area contributed by atoms with E-state index in [1.54, 1.807) is 0 Å². The molecule has 2 N–H and O–H groups in total. The summed E-state index contributed by atoms with van der Waals surface area (Å²) in [6, 6.07) is 0. The molecule has 0 heterocycles. The molecule has 0 rings (SSSR count). The van der Waals surface area contributed by atoms with Crippen LogP contribution in [0.2, 0.25) is 0 Å². The SMILES string of the molecule is CS(=O)(=O)O.O=[PH+]O. The highest BCUT2D eigenvalue weighted by Crippen LogP contribution is 1.66. The highest BCUT2D eigenvalue weighted by atomic mass is 32.2. The van der Waals surface area contributed by atoms with Crippen LogP contribution in [0.15, 0.2) is 0 Å². The van der Waals surface area contributed by atoms with E-state index in [0.717, 1.165) is 0 Å². The summed E-state index contributed by atoms with van der Waals surface area (Å²) in [6.45, 7) is 0. The van der Waals surface area contributed by atoms with E-state index in [-0.39, 0.29) is 0 Å². The van der Waals surface area contributed by atoms with Crippen molar-refractivity contribution in [1.82, 2.24) is 0 Å². The third-order valence-electron chi connectivity index (χ3n) is 0. The van der Waals surface area contributed by atoms with Gasteiger partial charge in [-0.1, -0.05) is 0 Å². The van der Waals surface area contributed by atoms with Gasteiger partial charge in [0.05, 0.1) is 6.26 Å². The zero-order valence-corrected chi connectivity index (χ0v) is 5.84. The average Bonchev–Trinajstić information content (AvgIpc) is 1.27. The van der Waals surface area contributed by atoms with Crippen molar-refractivity contribution in [3.05, 3.63) is 0 Å². The lowest BCUT2D eigenvalue weighted by Crippen LogP contribution is -1.88. The first-order chi connectivity index (χ1) is 3.41. The van der Waals surface area contributed by atoms with Gasteiger partial charge in [-0.3, -0.25) is 4.55 Å². The minimum absolute atomic E-state index is 0.715. The summed E-state index contributed by atoms with van der Waals surface area (Å²) in [4.78, 5) is 7.04. The van der Waals surface area contributed by atoms with Gasteiger partial charge in [0.15, 0.2) is 0 Å². The monoisotopic (exact) mass is 161 g/mol. The first kappa shape index (κ1) is 10.9. The molecule has 5 nitrogen and oxygen atoms in total. The lowest BCUT2D eigenvalue weighted by atomic mass is 12.0. The summed E-state index contributed by atoms with van der Waals surface area (Å²) in [5.41, 5.74) is 0. The quantitative estimate of drug-likeness (QED) is 0.366. The zero-order chi connectivity index (χ0) is 7.21. The van der Waals surface area contributed by atoms with Gasteiger partial charge < -0.3 is 0 Å². The molecule has 1 atom stereocenters. The van der Waals surface area contributed by atoms with Crippen LogP contribution in [0.5, 0.6) is 0 Å². The van der Waals surface area contributed by atoms with Gasteiger partial charge in [0, 0.05) is 0 Å². The summed E-state index contributed by atoms with van der Waals surface area (Å²) in [5, 5.41) is 0. The molecule has 0 radical (unpaired) electrons. The van der Waals surface area contributed by atoms with Crippen molar-refractivity contribution in [2.75, 3.05) is 6.26 Å². The van der Waals surface area contributed by atoms with Gasteiger partial charge in [-0.15, -0.1) is 0 Å². The summed E-state index contributed by atoms with van der Waals surface area (Å²) < 4.78 is 34.4. The van der Waals surface area contributed by atoms with Crippen molar-refractivity contribution >= 4 is 18.8 Å². The molecule has 0 aromatic rings. The smallest absolute Gasteiger partial charge is 0.286 e. The maximum absolute atomic E-state index is 9.19. The third kappa shape index (κ3) is 164000. The molecule has 0 amide bonds. The molecule has 8 heavy (non-hydrogen) atoms. The van der Waals surface area contributed by atoms with Crippen molar-refractivity contribution in [3.63, 3.8) is 0 Å². The van der Waals surface area contributed by atoms with E-state index in [1.807, 2.05) is 0 Å². The summed E-state index contributed by atoms with van der Waals surface area (Å²) >= 11 is 0. The molecule has 0 fully saturated rings. The molecule has 0 saturated heterocycles. The third-order valence-corrected chi connectivity index (χ3v) is 0. The largest absolute Gasteiger partial charge is 0.491 e. The standard InChI is InChI=1S/CH4O3S.HO2P/c1-5(2,3)4;1-3-2/h1H3,(H,2,3,4);3H/p+1. The first-order valence-corrected chi connectivity index (χ1v) is 4.06. The van der Waals surface area contributed by atoms with Crippen LogP contribution < -0.4 is 0 Å². The van der Waals surface area contributed by atoms with Gasteiger partial charge in [-0.05, 0) is 4.57 Å². The van der Waals surface area contributed by atoms with Crippen LogP contribution in [-0.4, -0.2) is 24.1 Å². The minimum Gasteiger partial charge on any atom is -0.286 e. The van der Waals surface area contributed by atoms with E-state index < -0.39 is 18.8 Å². The van der Waals surface area contributed by atoms with E-state index >= 15 is 0 Å². The van der Waals surface area contributed by atoms with E-state index in [2.05, 4.69) is 0 Å². The number of hydrogen-bond donors (Lipinski definition) is 2. The molecule has 0 aliphatic rings. The van der Waals surface area contributed by atoms with Gasteiger partial charge >= 0.3 is 8.69 Å². The van der Waals surface area contributed by atoms with Gasteiger partial charge in [-0.2, -0.15) is 13.3 Å². The summed E-state index contributed by atoms with van der Waals surface area (Å²) in [7, 11) is -4.83. The van der Waals surface area contributed by atoms with Crippen molar-refractivity contribution in [2.24, 2.45) is 0 Å². The molecule has 0 saturated carbocycles. The molecule has 7 heteroatoms. The molecule has 0 spiro atoms. The first-order valence-electron chi connectivity index (χ1n) is 1.35. The van der Waals surface area contributed by atoms with E-state index in [1.165, 1.54) is 0 Å². The number of rotatable bonds is 0. The minimum atomic E-state index is -3.67. The zero-order valence-electron chi connectivity index (χ0n) is 4.03. The van der Waals surface area contributed by atoms with E-state index in [0.29, 0.717) is 6.26 Å². The van der Waals surface area contributed by atoms with Crippen molar-refractivity contribution < 1.29 is 22.4 Å². The fourth-order valence-electron chi connectivity index (χ4n) is 0. The topological polar surface area (TPSA) is 91.7 Å². The second-order valence-electron chi connectivity index (χ2n) is 0.824. The Morgan fingerprint density at radius 2 is 1.50 bits per heavy atom. The van der Waals surface area contributed by atoms with Crippen LogP contribution in [-0.2, 0) is 14.7 Å². The predicted molar refractivity (Wildman–Crippen MR) is 28.7 cm³/mol. The van der Waals surface area contributed by atoms with Crippen LogP contribution in [0.1, 0.15) is 0 Å². The molecule has 50 valence electrons. The average molecular weight is 161 g/mol. The molecule has 0 bridgehead atoms. The predicted octanol–water partition coefficient (Wildman–Crippen LogP) is -0.578. The molecule has 0 aromatic carbocycles. The second-order valence-corrected chi connectivity index (χ2v) is 2.47. The van der Waals surface area contributed by atoms with Gasteiger partial charge in [-0.25, -0.2) is 0 Å². The Balaban J connectivity index is 0. The van der Waals surface area contributed by atoms with Crippen molar-refractivity contribution in [1.29, 1.82) is 0 Å². The maximum Gasteiger partial charge on any atom is 0.491 e. The maximum atomic E-state index is 9.19. The Bertz CT molecular complexity index is 127. The Hall–Kier alpha value is -0.0300. The van der Waals surface area contributed by atoms with Crippen LogP contribution in [0, 0.1) is 0 Å². The Labute approximate surface area is 48.4 Å².